The van der Waals surface area contributed by atoms with E-state index in [1.807, 2.05) is 13.8 Å². The van der Waals surface area contributed by atoms with Crippen molar-refractivity contribution < 1.29 is 17.9 Å². The predicted octanol–water partition coefficient (Wildman–Crippen LogP) is 1.43. The Kier molecular flexibility index (Phi) is 5.30. The third-order valence-electron chi connectivity index (χ3n) is 5.12. The summed E-state index contributed by atoms with van der Waals surface area (Å²) >= 11 is 0. The minimum atomic E-state index is -3.54. The molecule has 4 rings (SSSR count). The van der Waals surface area contributed by atoms with E-state index in [1.54, 1.807) is 40.0 Å². The van der Waals surface area contributed by atoms with Gasteiger partial charge < -0.3 is 9.64 Å². The number of carbonyl (C=O) groups is 1. The third-order valence-corrected chi connectivity index (χ3v) is 6.96. The molecule has 10 heteroatoms. The van der Waals surface area contributed by atoms with Gasteiger partial charge in [0, 0.05) is 26.1 Å². The summed E-state index contributed by atoms with van der Waals surface area (Å²) in [4.78, 5) is 13.8. The number of aromatic nitrogens is 3. The van der Waals surface area contributed by atoms with Gasteiger partial charge in [0.2, 0.25) is 15.9 Å². The number of sulfonamides is 1. The molecular formula is C19H25N5O4S. The Morgan fingerprint density at radius 1 is 1.21 bits per heavy atom. The zero-order chi connectivity index (χ0) is 20.6. The topological polar surface area (TPSA) is 97.6 Å². The van der Waals surface area contributed by atoms with E-state index in [0.29, 0.717) is 31.8 Å². The fourth-order valence-electron chi connectivity index (χ4n) is 3.52. The summed E-state index contributed by atoms with van der Waals surface area (Å²) in [5.41, 5.74) is 0.724. The number of nitrogens with zero attached hydrogens (tertiary/aromatic N) is 5. The number of likely N-dealkylation sites (tertiary alicyclic amines) is 1. The molecule has 3 heterocycles. The predicted molar refractivity (Wildman–Crippen MR) is 105 cm³/mol. The molecule has 0 saturated carbocycles. The number of ether oxygens (including phenoxy) is 1. The number of amides is 1. The second-order valence-electron chi connectivity index (χ2n) is 7.72. The van der Waals surface area contributed by atoms with E-state index in [2.05, 4.69) is 10.3 Å². The van der Waals surface area contributed by atoms with Gasteiger partial charge in [0.25, 0.3) is 0 Å². The molecular weight excluding hydrogens is 394 g/mol. The van der Waals surface area contributed by atoms with E-state index in [9.17, 15) is 13.2 Å². The average molecular weight is 420 g/mol. The molecule has 0 unspecified atom stereocenters. The van der Waals surface area contributed by atoms with Gasteiger partial charge in [0.15, 0.2) is 0 Å². The first kappa shape index (κ1) is 19.8. The van der Waals surface area contributed by atoms with E-state index in [0.717, 1.165) is 18.7 Å². The molecule has 2 saturated heterocycles. The standard InChI is InChI=1S/C19H25N5O4S/c1-14(2)28-17-5-7-18(8-6-17)29(26,27)23-12-16(13-23)24-11-15(20-21-24)10-22-9-3-4-19(22)25/h5-8,11,14,16H,3-4,9-10,12-13H2,1-2H3. The van der Waals surface area contributed by atoms with Gasteiger partial charge in [-0.05, 0) is 44.5 Å². The van der Waals surface area contributed by atoms with Crippen LogP contribution >= 0.6 is 0 Å². The highest BCUT2D eigenvalue weighted by Gasteiger charge is 2.38. The maximum absolute atomic E-state index is 12.8. The van der Waals surface area contributed by atoms with Crippen LogP contribution in [0, 0.1) is 0 Å². The van der Waals surface area contributed by atoms with E-state index < -0.39 is 10.0 Å². The van der Waals surface area contributed by atoms with Crippen LogP contribution in [-0.4, -0.2) is 64.3 Å². The van der Waals surface area contributed by atoms with Crippen molar-refractivity contribution >= 4 is 15.9 Å². The molecule has 0 radical (unpaired) electrons. The van der Waals surface area contributed by atoms with Crippen molar-refractivity contribution in [2.75, 3.05) is 19.6 Å². The number of benzene rings is 1. The number of hydrogen-bond acceptors (Lipinski definition) is 6. The SMILES string of the molecule is CC(C)Oc1ccc(S(=O)(=O)N2CC(n3cc(CN4CCCC4=O)nn3)C2)cc1. The van der Waals surface area contributed by atoms with Crippen molar-refractivity contribution in [3.8, 4) is 5.75 Å². The molecule has 0 spiro atoms. The lowest BCUT2D eigenvalue weighted by atomic mass is 10.2. The molecule has 2 fully saturated rings. The lowest BCUT2D eigenvalue weighted by molar-refractivity contribution is -0.128. The summed E-state index contributed by atoms with van der Waals surface area (Å²) in [6.45, 7) is 5.74. The van der Waals surface area contributed by atoms with E-state index >= 15 is 0 Å². The summed E-state index contributed by atoms with van der Waals surface area (Å²) in [6, 6.07) is 6.44. The Labute approximate surface area is 170 Å². The number of hydrogen-bond donors (Lipinski definition) is 0. The molecule has 0 atom stereocenters. The van der Waals surface area contributed by atoms with Gasteiger partial charge >= 0.3 is 0 Å². The van der Waals surface area contributed by atoms with Crippen LogP contribution in [0.15, 0.2) is 35.4 Å². The Balaban J connectivity index is 1.36. The van der Waals surface area contributed by atoms with Gasteiger partial charge in [-0.3, -0.25) is 4.79 Å². The molecule has 9 nitrogen and oxygen atoms in total. The maximum Gasteiger partial charge on any atom is 0.243 e. The van der Waals surface area contributed by atoms with Crippen LogP contribution in [0.1, 0.15) is 38.4 Å². The molecule has 0 N–H and O–H groups in total. The lowest BCUT2D eigenvalue weighted by Gasteiger charge is -2.37. The molecule has 0 aliphatic carbocycles. The van der Waals surface area contributed by atoms with E-state index in [1.165, 1.54) is 4.31 Å². The second kappa shape index (κ2) is 7.75. The Hall–Kier alpha value is -2.46. The molecule has 2 aliphatic heterocycles. The average Bonchev–Trinajstić information content (AvgIpc) is 3.23. The molecule has 2 aromatic rings. The van der Waals surface area contributed by atoms with Gasteiger partial charge in [-0.15, -0.1) is 5.10 Å². The van der Waals surface area contributed by atoms with E-state index in [-0.39, 0.29) is 22.9 Å². The first-order valence-electron chi connectivity index (χ1n) is 9.78. The number of rotatable bonds is 7. The van der Waals surface area contributed by atoms with Crippen molar-refractivity contribution in [3.05, 3.63) is 36.2 Å². The zero-order valence-electron chi connectivity index (χ0n) is 16.6. The maximum atomic E-state index is 12.8. The van der Waals surface area contributed by atoms with Gasteiger partial charge in [-0.1, -0.05) is 5.21 Å². The highest BCUT2D eigenvalue weighted by Crippen LogP contribution is 2.29. The minimum absolute atomic E-state index is 0.0322. The van der Waals surface area contributed by atoms with Gasteiger partial charge in [0.1, 0.15) is 11.4 Å². The molecule has 2 aliphatic rings. The summed E-state index contributed by atoms with van der Waals surface area (Å²) in [7, 11) is -3.54. The first-order chi connectivity index (χ1) is 13.8. The summed E-state index contributed by atoms with van der Waals surface area (Å²) in [5.74, 6) is 0.789. The van der Waals surface area contributed by atoms with E-state index in [4.69, 9.17) is 4.74 Å². The largest absolute Gasteiger partial charge is 0.491 e. The van der Waals surface area contributed by atoms with Crippen LogP contribution in [0.2, 0.25) is 0 Å². The monoisotopic (exact) mass is 419 g/mol. The highest BCUT2D eigenvalue weighted by atomic mass is 32.2. The quantitative estimate of drug-likeness (QED) is 0.674. The number of carbonyl (C=O) groups excluding carboxylic acids is 1. The van der Waals surface area contributed by atoms with Crippen LogP contribution in [-0.2, 0) is 21.4 Å². The van der Waals surface area contributed by atoms with Crippen molar-refractivity contribution in [3.63, 3.8) is 0 Å². The molecule has 1 amide bonds. The summed E-state index contributed by atoms with van der Waals surface area (Å²) in [5, 5.41) is 8.26. The van der Waals surface area contributed by atoms with Crippen LogP contribution in [0.4, 0.5) is 0 Å². The fourth-order valence-corrected chi connectivity index (χ4v) is 5.04. The molecule has 1 aromatic heterocycles. The third kappa shape index (κ3) is 4.13. The molecule has 156 valence electrons. The molecule has 0 bridgehead atoms. The van der Waals surface area contributed by atoms with Gasteiger partial charge in [-0.2, -0.15) is 4.31 Å². The lowest BCUT2D eigenvalue weighted by Crippen LogP contribution is -2.50. The zero-order valence-corrected chi connectivity index (χ0v) is 17.4. The smallest absolute Gasteiger partial charge is 0.243 e. The summed E-state index contributed by atoms with van der Waals surface area (Å²) < 4.78 is 34.3. The Bertz CT molecular complexity index is 980. The van der Waals surface area contributed by atoms with Crippen LogP contribution in [0.3, 0.4) is 0 Å². The van der Waals surface area contributed by atoms with Crippen LogP contribution < -0.4 is 4.74 Å². The highest BCUT2D eigenvalue weighted by molar-refractivity contribution is 7.89. The van der Waals surface area contributed by atoms with Crippen LogP contribution in [0.25, 0.3) is 0 Å². The Morgan fingerprint density at radius 3 is 2.55 bits per heavy atom. The van der Waals surface area contributed by atoms with Crippen molar-refractivity contribution in [2.45, 2.75) is 50.3 Å². The van der Waals surface area contributed by atoms with Gasteiger partial charge in [0.05, 0.1) is 29.8 Å². The fraction of sp³-hybridized carbons (Fsp3) is 0.526. The second-order valence-corrected chi connectivity index (χ2v) is 9.66. The molecule has 29 heavy (non-hydrogen) atoms. The normalized spacial score (nSPS) is 18.4. The molecule has 1 aromatic carbocycles. The van der Waals surface area contributed by atoms with Crippen LogP contribution in [0.5, 0.6) is 5.75 Å². The summed E-state index contributed by atoms with van der Waals surface area (Å²) in [6.07, 6.45) is 3.31. The van der Waals surface area contributed by atoms with Crippen molar-refractivity contribution in [2.24, 2.45) is 0 Å². The van der Waals surface area contributed by atoms with Gasteiger partial charge in [-0.25, -0.2) is 13.1 Å². The Morgan fingerprint density at radius 2 is 1.93 bits per heavy atom. The van der Waals surface area contributed by atoms with Crippen molar-refractivity contribution in [1.29, 1.82) is 0 Å². The van der Waals surface area contributed by atoms with Crippen molar-refractivity contribution in [1.82, 2.24) is 24.2 Å². The first-order valence-corrected chi connectivity index (χ1v) is 11.2. The minimum Gasteiger partial charge on any atom is -0.491 e.